The molecule has 0 fully saturated rings. The van der Waals surface area contributed by atoms with Crippen LogP contribution in [0.5, 0.6) is 0 Å². The maximum atomic E-state index is 12.0. The zero-order chi connectivity index (χ0) is 13.9. The van der Waals surface area contributed by atoms with Gasteiger partial charge in [-0.15, -0.1) is 0 Å². The summed E-state index contributed by atoms with van der Waals surface area (Å²) in [4.78, 5) is 22.4. The molecule has 17 heavy (non-hydrogen) atoms. The van der Waals surface area contributed by atoms with Crippen LogP contribution >= 0.6 is 0 Å². The minimum absolute atomic E-state index is 0.0495. The molecule has 4 N–H and O–H groups in total. The quantitative estimate of drug-likeness (QED) is 0.652. The van der Waals surface area contributed by atoms with E-state index < -0.39 is 16.9 Å². The molecule has 0 rings (SSSR count). The summed E-state index contributed by atoms with van der Waals surface area (Å²) in [5.74, 6) is -1.01. The van der Waals surface area contributed by atoms with Gasteiger partial charge in [-0.3, -0.25) is 9.59 Å². The number of nitrogens with one attached hydrogen (secondary N) is 1. The largest absolute Gasteiger partial charge is 0.481 e. The number of carbonyl (C=O) groups excluding carboxylic acids is 1. The predicted octanol–water partition coefficient (Wildman–Crippen LogP) is 1.12. The van der Waals surface area contributed by atoms with Gasteiger partial charge < -0.3 is 16.2 Å². The number of rotatable bonds is 6. The Labute approximate surface area is 103 Å². The Morgan fingerprint density at radius 3 is 2.12 bits per heavy atom. The van der Waals surface area contributed by atoms with Gasteiger partial charge in [0.25, 0.3) is 0 Å². The smallest absolute Gasteiger partial charge is 0.303 e. The molecule has 5 nitrogen and oxygen atoms in total. The van der Waals surface area contributed by atoms with Gasteiger partial charge in [0.2, 0.25) is 5.91 Å². The second kappa shape index (κ2) is 5.49. The van der Waals surface area contributed by atoms with Gasteiger partial charge in [0.05, 0.1) is 5.41 Å². The van der Waals surface area contributed by atoms with E-state index in [4.69, 9.17) is 10.8 Å². The van der Waals surface area contributed by atoms with E-state index in [2.05, 4.69) is 5.32 Å². The Balaban J connectivity index is 4.40. The minimum Gasteiger partial charge on any atom is -0.481 e. The SMILES string of the molecule is CC(CCC(=O)O)NC(=O)C(C)(C)C(C)(C)N. The van der Waals surface area contributed by atoms with Crippen molar-refractivity contribution in [3.63, 3.8) is 0 Å². The summed E-state index contributed by atoms with van der Waals surface area (Å²) < 4.78 is 0. The average molecular weight is 244 g/mol. The summed E-state index contributed by atoms with van der Waals surface area (Å²) in [6.45, 7) is 8.96. The van der Waals surface area contributed by atoms with Crippen molar-refractivity contribution < 1.29 is 14.7 Å². The number of hydrogen-bond donors (Lipinski definition) is 3. The van der Waals surface area contributed by atoms with Gasteiger partial charge in [0, 0.05) is 18.0 Å². The third-order valence-electron chi connectivity index (χ3n) is 3.35. The van der Waals surface area contributed by atoms with E-state index in [9.17, 15) is 9.59 Å². The first-order chi connectivity index (χ1) is 7.48. The molecule has 0 aliphatic carbocycles. The van der Waals surface area contributed by atoms with Gasteiger partial charge in [0.15, 0.2) is 0 Å². The van der Waals surface area contributed by atoms with Crippen LogP contribution in [-0.2, 0) is 9.59 Å². The fraction of sp³-hybridized carbons (Fsp3) is 0.833. The summed E-state index contributed by atoms with van der Waals surface area (Å²) in [5.41, 5.74) is 4.62. The Kier molecular flexibility index (Phi) is 5.13. The van der Waals surface area contributed by atoms with Crippen molar-refractivity contribution in [3.05, 3.63) is 0 Å². The lowest BCUT2D eigenvalue weighted by atomic mass is 9.74. The van der Waals surface area contributed by atoms with E-state index in [1.165, 1.54) is 0 Å². The van der Waals surface area contributed by atoms with Crippen LogP contribution in [0.3, 0.4) is 0 Å². The number of aliphatic carboxylic acids is 1. The van der Waals surface area contributed by atoms with Crippen molar-refractivity contribution in [2.75, 3.05) is 0 Å². The predicted molar refractivity (Wildman–Crippen MR) is 66.5 cm³/mol. The number of nitrogens with two attached hydrogens (primary N) is 1. The highest BCUT2D eigenvalue weighted by molar-refractivity contribution is 5.83. The molecule has 1 unspecified atom stereocenters. The van der Waals surface area contributed by atoms with Crippen molar-refractivity contribution in [1.82, 2.24) is 5.32 Å². The van der Waals surface area contributed by atoms with Crippen LogP contribution in [0, 0.1) is 5.41 Å². The molecule has 0 bridgehead atoms. The first-order valence-corrected chi connectivity index (χ1v) is 5.80. The van der Waals surface area contributed by atoms with Crippen LogP contribution in [0.2, 0.25) is 0 Å². The maximum absolute atomic E-state index is 12.0. The van der Waals surface area contributed by atoms with E-state index in [1.807, 2.05) is 0 Å². The molecule has 0 aromatic heterocycles. The normalized spacial score (nSPS) is 14.2. The van der Waals surface area contributed by atoms with E-state index in [0.717, 1.165) is 0 Å². The number of hydrogen-bond acceptors (Lipinski definition) is 3. The average Bonchev–Trinajstić information content (AvgIpc) is 2.12. The highest BCUT2D eigenvalue weighted by Crippen LogP contribution is 2.28. The maximum Gasteiger partial charge on any atom is 0.303 e. The Morgan fingerprint density at radius 2 is 1.76 bits per heavy atom. The number of carboxylic acid groups (broad SMARTS) is 1. The molecule has 5 heteroatoms. The first-order valence-electron chi connectivity index (χ1n) is 5.80. The fourth-order valence-corrected chi connectivity index (χ4v) is 1.11. The number of carboxylic acids is 1. The van der Waals surface area contributed by atoms with Crippen LogP contribution in [0.1, 0.15) is 47.5 Å². The zero-order valence-corrected chi connectivity index (χ0v) is 11.3. The fourth-order valence-electron chi connectivity index (χ4n) is 1.11. The summed E-state index contributed by atoms with van der Waals surface area (Å²) >= 11 is 0. The van der Waals surface area contributed by atoms with Gasteiger partial charge in [0.1, 0.15) is 0 Å². The highest BCUT2D eigenvalue weighted by atomic mass is 16.4. The van der Waals surface area contributed by atoms with Gasteiger partial charge >= 0.3 is 5.97 Å². The summed E-state index contributed by atoms with van der Waals surface area (Å²) in [6.07, 6.45) is 0.468. The monoisotopic (exact) mass is 244 g/mol. The van der Waals surface area contributed by atoms with Crippen LogP contribution < -0.4 is 11.1 Å². The molecule has 1 amide bonds. The van der Waals surface area contributed by atoms with E-state index in [0.29, 0.717) is 6.42 Å². The first kappa shape index (κ1) is 15.9. The molecule has 0 spiro atoms. The lowest BCUT2D eigenvalue weighted by molar-refractivity contribution is -0.138. The van der Waals surface area contributed by atoms with Crippen molar-refractivity contribution >= 4 is 11.9 Å². The molecule has 0 aliphatic heterocycles. The van der Waals surface area contributed by atoms with Crippen LogP contribution in [0.4, 0.5) is 0 Å². The van der Waals surface area contributed by atoms with Gasteiger partial charge in [-0.1, -0.05) is 0 Å². The van der Waals surface area contributed by atoms with Gasteiger partial charge in [-0.25, -0.2) is 0 Å². The van der Waals surface area contributed by atoms with Crippen molar-refractivity contribution in [3.8, 4) is 0 Å². The minimum atomic E-state index is -0.857. The summed E-state index contributed by atoms with van der Waals surface area (Å²) in [5, 5.41) is 11.4. The van der Waals surface area contributed by atoms with Gasteiger partial charge in [-0.2, -0.15) is 0 Å². The number of carbonyl (C=O) groups is 2. The van der Waals surface area contributed by atoms with E-state index in [1.54, 1.807) is 34.6 Å². The van der Waals surface area contributed by atoms with Crippen molar-refractivity contribution in [1.29, 1.82) is 0 Å². The highest BCUT2D eigenvalue weighted by Gasteiger charge is 2.40. The molecule has 0 saturated heterocycles. The topological polar surface area (TPSA) is 92.4 Å². The summed E-state index contributed by atoms with van der Waals surface area (Å²) in [7, 11) is 0. The zero-order valence-electron chi connectivity index (χ0n) is 11.3. The third kappa shape index (κ3) is 4.73. The second-order valence-electron chi connectivity index (χ2n) is 5.65. The van der Waals surface area contributed by atoms with Crippen LogP contribution in [0.25, 0.3) is 0 Å². The van der Waals surface area contributed by atoms with E-state index in [-0.39, 0.29) is 18.4 Å². The third-order valence-corrected chi connectivity index (χ3v) is 3.35. The molecular weight excluding hydrogens is 220 g/mol. The van der Waals surface area contributed by atoms with E-state index >= 15 is 0 Å². The molecule has 100 valence electrons. The van der Waals surface area contributed by atoms with Crippen LogP contribution in [0.15, 0.2) is 0 Å². The molecule has 0 saturated carbocycles. The molecule has 0 aromatic carbocycles. The number of amides is 1. The Morgan fingerprint density at radius 1 is 1.29 bits per heavy atom. The molecule has 0 aromatic rings. The van der Waals surface area contributed by atoms with Gasteiger partial charge in [-0.05, 0) is 41.0 Å². The standard InChI is InChI=1S/C12H24N2O3/c1-8(6-7-9(15)16)14-10(17)11(2,3)12(4,5)13/h8H,6-7,13H2,1-5H3,(H,14,17)(H,15,16). The Bertz CT molecular complexity index is 293. The molecule has 0 radical (unpaired) electrons. The second-order valence-corrected chi connectivity index (χ2v) is 5.65. The Hall–Kier alpha value is -1.10. The van der Waals surface area contributed by atoms with Crippen molar-refractivity contribution in [2.45, 2.75) is 59.0 Å². The lowest BCUT2D eigenvalue weighted by Gasteiger charge is -2.37. The molecule has 0 aliphatic rings. The summed E-state index contributed by atoms with van der Waals surface area (Å²) in [6, 6.07) is -0.166. The molecule has 1 atom stereocenters. The van der Waals surface area contributed by atoms with Crippen molar-refractivity contribution in [2.24, 2.45) is 11.1 Å². The molecule has 0 heterocycles. The molecular formula is C12H24N2O3. The van der Waals surface area contributed by atoms with Crippen LogP contribution in [-0.4, -0.2) is 28.6 Å². The lowest BCUT2D eigenvalue weighted by Crippen LogP contribution is -2.56.